The van der Waals surface area contributed by atoms with E-state index in [1.807, 2.05) is 18.2 Å². The zero-order valence-electron chi connectivity index (χ0n) is 12.6. The first-order valence-corrected chi connectivity index (χ1v) is 8.34. The zero-order chi connectivity index (χ0) is 15.8. The number of rotatable bonds is 8. The summed E-state index contributed by atoms with van der Waals surface area (Å²) >= 11 is 1.67. The van der Waals surface area contributed by atoms with Gasteiger partial charge in [0.25, 0.3) is 0 Å². The molecule has 0 aliphatic heterocycles. The van der Waals surface area contributed by atoms with Gasteiger partial charge < -0.3 is 9.84 Å². The molecule has 1 atom stereocenters. The Kier molecular flexibility index (Phi) is 6.49. The van der Waals surface area contributed by atoms with Crippen LogP contribution in [0.25, 0.3) is 0 Å². The van der Waals surface area contributed by atoms with Crippen LogP contribution in [0.5, 0.6) is 5.75 Å². The second-order valence-corrected chi connectivity index (χ2v) is 6.08. The number of ketones is 1. The Balaban J connectivity index is 1.72. The van der Waals surface area contributed by atoms with Crippen molar-refractivity contribution in [1.82, 2.24) is 0 Å². The molecule has 3 nitrogen and oxygen atoms in total. The molecular weight excluding hydrogens is 296 g/mol. The van der Waals surface area contributed by atoms with Gasteiger partial charge >= 0.3 is 0 Å². The number of hydrogen-bond acceptors (Lipinski definition) is 4. The lowest BCUT2D eigenvalue weighted by atomic mass is 10.1. The molecule has 116 valence electrons. The third-order valence-corrected chi connectivity index (χ3v) is 4.26. The summed E-state index contributed by atoms with van der Waals surface area (Å²) < 4.78 is 5.55. The number of aliphatic hydroxyl groups excluding tert-OH is 1. The predicted molar refractivity (Wildman–Crippen MR) is 90.6 cm³/mol. The second-order valence-electron chi connectivity index (χ2n) is 5.05. The number of thioether (sulfide) groups is 1. The highest BCUT2D eigenvalue weighted by molar-refractivity contribution is 7.98. The second kappa shape index (κ2) is 8.61. The lowest BCUT2D eigenvalue weighted by Crippen LogP contribution is -2.20. The van der Waals surface area contributed by atoms with E-state index in [1.165, 1.54) is 12.5 Å². The molecule has 2 aromatic rings. The molecular formula is C18H20O3S. The Labute approximate surface area is 135 Å². The Morgan fingerprint density at radius 1 is 1.18 bits per heavy atom. The molecule has 4 heteroatoms. The number of carbonyl (C=O) groups excluding carboxylic acids is 1. The van der Waals surface area contributed by atoms with Gasteiger partial charge in [-0.2, -0.15) is 11.8 Å². The number of carbonyl (C=O) groups is 1. The van der Waals surface area contributed by atoms with E-state index >= 15 is 0 Å². The van der Waals surface area contributed by atoms with Crippen molar-refractivity contribution in [3.63, 3.8) is 0 Å². The summed E-state index contributed by atoms with van der Waals surface area (Å²) in [6.07, 6.45) is -0.533. The molecule has 0 aliphatic rings. The van der Waals surface area contributed by atoms with Gasteiger partial charge in [-0.3, -0.25) is 4.79 Å². The van der Waals surface area contributed by atoms with Gasteiger partial charge in [0.2, 0.25) is 0 Å². The number of Topliss-reactive ketones (excluding diaryl/α,β-unsaturated/α-hetero) is 1. The van der Waals surface area contributed by atoms with E-state index in [-0.39, 0.29) is 12.4 Å². The standard InChI is InChI=1S/C18H20O3S/c1-14(19)16-8-5-9-18(10-16)21-11-17(20)13-22-12-15-6-3-2-4-7-15/h2-10,17,20H,11-13H2,1H3. The van der Waals surface area contributed by atoms with Crippen molar-refractivity contribution in [2.45, 2.75) is 18.8 Å². The van der Waals surface area contributed by atoms with E-state index in [4.69, 9.17) is 4.74 Å². The first kappa shape index (κ1) is 16.6. The SMILES string of the molecule is CC(=O)c1cccc(OCC(O)CSCc2ccccc2)c1. The number of ether oxygens (including phenoxy) is 1. The van der Waals surface area contributed by atoms with E-state index in [2.05, 4.69) is 12.1 Å². The minimum atomic E-state index is -0.533. The summed E-state index contributed by atoms with van der Waals surface area (Å²) in [6.45, 7) is 1.75. The molecule has 2 rings (SSSR count). The average Bonchev–Trinajstić information content (AvgIpc) is 2.54. The van der Waals surface area contributed by atoms with Crippen LogP contribution < -0.4 is 4.74 Å². The van der Waals surface area contributed by atoms with Gasteiger partial charge in [-0.05, 0) is 24.6 Å². The van der Waals surface area contributed by atoms with Crippen molar-refractivity contribution >= 4 is 17.5 Å². The topological polar surface area (TPSA) is 46.5 Å². The summed E-state index contributed by atoms with van der Waals surface area (Å²) in [5, 5.41) is 9.95. The molecule has 0 saturated heterocycles. The summed E-state index contributed by atoms with van der Waals surface area (Å²) in [4.78, 5) is 11.3. The molecule has 0 bridgehead atoms. The number of hydrogen-bond donors (Lipinski definition) is 1. The van der Waals surface area contributed by atoms with E-state index < -0.39 is 6.10 Å². The molecule has 0 fully saturated rings. The Hall–Kier alpha value is -1.78. The van der Waals surface area contributed by atoms with Crippen LogP contribution in [-0.2, 0) is 5.75 Å². The van der Waals surface area contributed by atoms with Gasteiger partial charge in [0, 0.05) is 17.1 Å². The maximum absolute atomic E-state index is 11.3. The Bertz CT molecular complexity index is 598. The van der Waals surface area contributed by atoms with Crippen LogP contribution in [0.15, 0.2) is 54.6 Å². The molecule has 22 heavy (non-hydrogen) atoms. The molecule has 0 heterocycles. The Morgan fingerprint density at radius 3 is 2.68 bits per heavy atom. The van der Waals surface area contributed by atoms with Crippen LogP contribution >= 0.6 is 11.8 Å². The number of aliphatic hydroxyl groups is 1. The van der Waals surface area contributed by atoms with E-state index in [0.29, 0.717) is 17.1 Å². The number of benzene rings is 2. The van der Waals surface area contributed by atoms with Crippen molar-refractivity contribution in [3.8, 4) is 5.75 Å². The van der Waals surface area contributed by atoms with Gasteiger partial charge in [-0.15, -0.1) is 0 Å². The molecule has 1 unspecified atom stereocenters. The monoisotopic (exact) mass is 316 g/mol. The third-order valence-electron chi connectivity index (χ3n) is 3.10. The molecule has 0 spiro atoms. The van der Waals surface area contributed by atoms with Crippen molar-refractivity contribution in [1.29, 1.82) is 0 Å². The smallest absolute Gasteiger partial charge is 0.159 e. The first-order valence-electron chi connectivity index (χ1n) is 7.18. The Morgan fingerprint density at radius 2 is 1.95 bits per heavy atom. The van der Waals surface area contributed by atoms with Crippen molar-refractivity contribution in [3.05, 3.63) is 65.7 Å². The lowest BCUT2D eigenvalue weighted by molar-refractivity contribution is 0.101. The minimum Gasteiger partial charge on any atom is -0.491 e. The van der Waals surface area contributed by atoms with Crippen LogP contribution in [0.3, 0.4) is 0 Å². The summed E-state index contributed by atoms with van der Waals surface area (Å²) in [5.41, 5.74) is 1.86. The maximum Gasteiger partial charge on any atom is 0.159 e. The van der Waals surface area contributed by atoms with Gasteiger partial charge in [-0.25, -0.2) is 0 Å². The summed E-state index contributed by atoms with van der Waals surface area (Å²) in [6, 6.07) is 17.2. The largest absolute Gasteiger partial charge is 0.491 e. The predicted octanol–water partition coefficient (Wildman–Crippen LogP) is 3.56. The third kappa shape index (κ3) is 5.54. The summed E-state index contributed by atoms with van der Waals surface area (Å²) in [7, 11) is 0. The normalized spacial score (nSPS) is 11.9. The van der Waals surface area contributed by atoms with Crippen molar-refractivity contribution < 1.29 is 14.6 Å². The lowest BCUT2D eigenvalue weighted by Gasteiger charge is -2.12. The van der Waals surface area contributed by atoms with Crippen molar-refractivity contribution in [2.75, 3.05) is 12.4 Å². The maximum atomic E-state index is 11.3. The van der Waals surface area contributed by atoms with Gasteiger partial charge in [0.1, 0.15) is 12.4 Å². The molecule has 0 aromatic heterocycles. The van der Waals surface area contributed by atoms with Crippen molar-refractivity contribution in [2.24, 2.45) is 0 Å². The fourth-order valence-electron chi connectivity index (χ4n) is 1.93. The molecule has 0 aliphatic carbocycles. The van der Waals surface area contributed by atoms with Crippen LogP contribution in [0.2, 0.25) is 0 Å². The van der Waals surface area contributed by atoms with Crippen LogP contribution in [0.1, 0.15) is 22.8 Å². The van der Waals surface area contributed by atoms with Crippen LogP contribution in [0.4, 0.5) is 0 Å². The average molecular weight is 316 g/mol. The highest BCUT2D eigenvalue weighted by atomic mass is 32.2. The zero-order valence-corrected chi connectivity index (χ0v) is 13.4. The van der Waals surface area contributed by atoms with Gasteiger partial charge in [-0.1, -0.05) is 42.5 Å². The molecule has 2 aromatic carbocycles. The van der Waals surface area contributed by atoms with E-state index in [0.717, 1.165) is 5.75 Å². The molecule has 0 saturated carbocycles. The van der Waals surface area contributed by atoms with Crippen LogP contribution in [-0.4, -0.2) is 29.4 Å². The summed E-state index contributed by atoms with van der Waals surface area (Å²) in [5.74, 6) is 2.10. The van der Waals surface area contributed by atoms with Gasteiger partial charge in [0.15, 0.2) is 5.78 Å². The fraction of sp³-hybridized carbons (Fsp3) is 0.278. The molecule has 0 amide bonds. The fourth-order valence-corrected chi connectivity index (χ4v) is 2.85. The first-order chi connectivity index (χ1) is 10.6. The van der Waals surface area contributed by atoms with E-state index in [1.54, 1.807) is 36.0 Å². The molecule has 1 N–H and O–H groups in total. The molecule has 0 radical (unpaired) electrons. The van der Waals surface area contributed by atoms with E-state index in [9.17, 15) is 9.90 Å². The highest BCUT2D eigenvalue weighted by Crippen LogP contribution is 2.16. The van der Waals surface area contributed by atoms with Crippen LogP contribution in [0, 0.1) is 0 Å². The minimum absolute atomic E-state index is 0.00409. The van der Waals surface area contributed by atoms with Gasteiger partial charge in [0.05, 0.1) is 6.10 Å². The quantitative estimate of drug-likeness (QED) is 0.756. The highest BCUT2D eigenvalue weighted by Gasteiger charge is 2.07.